The number of carbonyl (C=O) groups is 2. The molecule has 2 fully saturated rings. The molecule has 2 aliphatic heterocycles. The number of anilines is 1. The van der Waals surface area contributed by atoms with E-state index in [0.717, 1.165) is 47.3 Å². The number of allylic oxidation sites excluding steroid dienone is 2. The molecule has 2 amide bonds. The summed E-state index contributed by atoms with van der Waals surface area (Å²) in [5.41, 5.74) is 3.76. The number of rotatable bonds is 10. The lowest BCUT2D eigenvalue weighted by atomic mass is 9.58. The lowest BCUT2D eigenvalue weighted by Crippen LogP contribution is -2.46. The number of carbonyl (C=O) groups excluding carboxylic acids is 2. The quantitative estimate of drug-likeness (QED) is 0.111. The fraction of sp³-hybridized carbons (Fsp3) is 0.438. The number of phenols is 1. The molecule has 3 aliphatic rings. The van der Waals surface area contributed by atoms with Crippen molar-refractivity contribution in [3.05, 3.63) is 80.7 Å². The van der Waals surface area contributed by atoms with Crippen molar-refractivity contribution in [3.8, 4) is 5.75 Å². The van der Waals surface area contributed by atoms with Crippen molar-refractivity contribution in [3.63, 3.8) is 0 Å². The molecule has 0 saturated carbocycles. The maximum Gasteiger partial charge on any atom is 0.455 e. The van der Waals surface area contributed by atoms with Crippen LogP contribution in [0, 0.1) is 33.7 Å². The van der Waals surface area contributed by atoms with E-state index in [4.69, 9.17) is 4.65 Å². The van der Waals surface area contributed by atoms with Crippen molar-refractivity contribution in [2.75, 3.05) is 4.90 Å². The van der Waals surface area contributed by atoms with Crippen molar-refractivity contribution < 1.29 is 33.7 Å². The molecule has 11 heteroatoms. The number of hydrogen-bond donors (Lipinski definition) is 2. The van der Waals surface area contributed by atoms with Crippen LogP contribution >= 0.6 is 0 Å². The molecule has 2 saturated heterocycles. The maximum absolute atomic E-state index is 14.0. The zero-order valence-electron chi connectivity index (χ0n) is 24.4. The summed E-state index contributed by atoms with van der Waals surface area (Å²) in [5, 5.41) is 31.8. The van der Waals surface area contributed by atoms with E-state index in [0.29, 0.717) is 24.8 Å². The summed E-state index contributed by atoms with van der Waals surface area (Å²) >= 11 is 0. The zero-order valence-corrected chi connectivity index (χ0v) is 24.4. The molecule has 4 atom stereocenters. The Hall–Kier alpha value is -3.83. The highest BCUT2D eigenvalue weighted by atomic mass is 19.1. The van der Waals surface area contributed by atoms with E-state index in [1.54, 1.807) is 6.07 Å². The molecule has 9 nitrogen and oxygen atoms in total. The van der Waals surface area contributed by atoms with Gasteiger partial charge in [-0.2, -0.15) is 0 Å². The first-order valence-corrected chi connectivity index (χ1v) is 15.0. The molecule has 43 heavy (non-hydrogen) atoms. The fourth-order valence-corrected chi connectivity index (χ4v) is 7.06. The number of halogens is 1. The van der Waals surface area contributed by atoms with Crippen LogP contribution in [0.5, 0.6) is 5.75 Å². The Kier molecular flexibility index (Phi) is 9.12. The molecule has 5 rings (SSSR count). The summed E-state index contributed by atoms with van der Waals surface area (Å²) < 4.78 is 20.1. The third-order valence-corrected chi connectivity index (χ3v) is 8.80. The Morgan fingerprint density at radius 1 is 1.14 bits per heavy atom. The summed E-state index contributed by atoms with van der Waals surface area (Å²) in [6.45, 7) is 4.11. The van der Waals surface area contributed by atoms with E-state index in [1.165, 1.54) is 36.4 Å². The average molecular weight is 590 g/mol. The van der Waals surface area contributed by atoms with Gasteiger partial charge in [0, 0.05) is 12.1 Å². The summed E-state index contributed by atoms with van der Waals surface area (Å²) in [6, 6.07) is 9.84. The largest absolute Gasteiger partial charge is 0.505 e. The number of amides is 2. The van der Waals surface area contributed by atoms with Crippen molar-refractivity contribution in [2.24, 2.45) is 17.8 Å². The van der Waals surface area contributed by atoms with Crippen LogP contribution in [0.4, 0.5) is 15.8 Å². The van der Waals surface area contributed by atoms with Crippen LogP contribution in [0.2, 0.25) is 6.32 Å². The summed E-state index contributed by atoms with van der Waals surface area (Å²) in [7, 11) is -1.11. The van der Waals surface area contributed by atoms with Gasteiger partial charge in [0.05, 0.1) is 28.6 Å². The fourth-order valence-electron chi connectivity index (χ4n) is 7.06. The Labute approximate surface area is 250 Å². The van der Waals surface area contributed by atoms with E-state index >= 15 is 0 Å². The first-order chi connectivity index (χ1) is 20.6. The minimum Gasteiger partial charge on any atom is -0.505 e. The van der Waals surface area contributed by atoms with Gasteiger partial charge in [0.15, 0.2) is 11.6 Å². The molecular weight excluding hydrogens is 554 g/mol. The van der Waals surface area contributed by atoms with E-state index in [9.17, 15) is 34.2 Å². The number of benzene rings is 2. The second-order valence-corrected chi connectivity index (χ2v) is 11.7. The van der Waals surface area contributed by atoms with Crippen molar-refractivity contribution >= 4 is 36.4 Å². The van der Waals surface area contributed by atoms with Crippen molar-refractivity contribution in [1.82, 2.24) is 0 Å². The number of nitro benzene ring substituents is 1. The van der Waals surface area contributed by atoms with Gasteiger partial charge < -0.3 is 14.8 Å². The monoisotopic (exact) mass is 590 g/mol. The Balaban J connectivity index is 1.44. The standard InChI is InChI=1S/C32H36BFN2O7/c1-3-6-19(14-20-10-12-27(37)26(34)15-20)11-13-28-29-21(7-4-2)16-24-30(25(29)18-33(40)43-28)32(39)35(31(24)38)22-8-5-9-23(17-22)36(41)42/h5,8-10,12,14-15,17,24-25,28,30,37,40H,3-4,6-7,11,13,16,18H2,1-2H3/b19-14+/t24-,25+,28-,30-/m1/s1. The van der Waals surface area contributed by atoms with E-state index in [-0.39, 0.29) is 29.5 Å². The van der Waals surface area contributed by atoms with Crippen molar-refractivity contribution in [1.29, 1.82) is 0 Å². The number of nitro groups is 1. The lowest BCUT2D eigenvalue weighted by Gasteiger charge is -2.43. The molecule has 2 aromatic rings. The topological polar surface area (TPSA) is 130 Å². The van der Waals surface area contributed by atoms with Crippen molar-refractivity contribution in [2.45, 2.75) is 71.2 Å². The average Bonchev–Trinajstić information content (AvgIpc) is 3.22. The van der Waals surface area contributed by atoms with Gasteiger partial charge in [0.25, 0.3) is 5.69 Å². The van der Waals surface area contributed by atoms with Gasteiger partial charge in [-0.3, -0.25) is 19.7 Å². The number of non-ortho nitro benzene ring substituents is 1. The number of imide groups is 1. The molecule has 0 unspecified atom stereocenters. The Morgan fingerprint density at radius 2 is 1.93 bits per heavy atom. The number of nitrogens with zero attached hydrogens (tertiary/aromatic N) is 2. The van der Waals surface area contributed by atoms with Crippen LogP contribution in [0.15, 0.2) is 59.2 Å². The summed E-state index contributed by atoms with van der Waals surface area (Å²) in [4.78, 5) is 39.5. The predicted molar refractivity (Wildman–Crippen MR) is 160 cm³/mol. The lowest BCUT2D eigenvalue weighted by molar-refractivity contribution is -0.384. The van der Waals surface area contributed by atoms with E-state index < -0.39 is 47.5 Å². The van der Waals surface area contributed by atoms with Gasteiger partial charge in [-0.25, -0.2) is 9.29 Å². The normalized spacial score (nSPS) is 24.0. The third-order valence-electron chi connectivity index (χ3n) is 8.80. The van der Waals surface area contributed by atoms with E-state index in [2.05, 4.69) is 13.8 Å². The first kappa shape index (κ1) is 30.6. The minimum absolute atomic E-state index is 0.182. The van der Waals surface area contributed by atoms with Crippen LogP contribution in [0.1, 0.15) is 64.4 Å². The molecule has 2 aromatic carbocycles. The van der Waals surface area contributed by atoms with Gasteiger partial charge in [-0.05, 0) is 73.7 Å². The highest BCUT2D eigenvalue weighted by Gasteiger charge is 2.57. The number of aromatic hydroxyl groups is 1. The molecule has 2 heterocycles. The number of hydrogen-bond acceptors (Lipinski definition) is 7. The first-order valence-electron chi connectivity index (χ1n) is 15.0. The van der Waals surface area contributed by atoms with Gasteiger partial charge in [-0.15, -0.1) is 0 Å². The van der Waals surface area contributed by atoms with Gasteiger partial charge in [-0.1, -0.05) is 56.0 Å². The molecule has 0 radical (unpaired) electrons. The van der Waals surface area contributed by atoms with Gasteiger partial charge >= 0.3 is 7.12 Å². The second-order valence-electron chi connectivity index (χ2n) is 11.7. The third kappa shape index (κ3) is 6.14. The highest BCUT2D eigenvalue weighted by Crippen LogP contribution is 2.52. The second kappa shape index (κ2) is 12.8. The van der Waals surface area contributed by atoms with Crippen LogP contribution in [-0.4, -0.2) is 40.1 Å². The maximum atomic E-state index is 14.0. The molecule has 0 aromatic heterocycles. The molecule has 0 bridgehead atoms. The Bertz CT molecular complexity index is 1490. The van der Waals surface area contributed by atoms with Gasteiger partial charge in [0.2, 0.25) is 11.8 Å². The zero-order chi connectivity index (χ0) is 30.8. The molecule has 0 spiro atoms. The summed E-state index contributed by atoms with van der Waals surface area (Å²) in [6.07, 6.45) is 6.42. The Morgan fingerprint density at radius 3 is 2.63 bits per heavy atom. The van der Waals surface area contributed by atoms with Crippen LogP contribution in [0.3, 0.4) is 0 Å². The van der Waals surface area contributed by atoms with Crippen LogP contribution in [-0.2, 0) is 14.2 Å². The number of fused-ring (bicyclic) bond motifs is 3. The molecule has 226 valence electrons. The SMILES string of the molecule is CCCC1=C2[C@@H](CC/C(=C/c3ccc(O)c(F)c3)CCC)OB(O)C[C@@H]2[C@@H]2C(=O)N(c3cccc([N+](=O)[O-])c3)C(=O)[C@@H]2C1. The van der Waals surface area contributed by atoms with Crippen LogP contribution in [0.25, 0.3) is 6.08 Å². The molecule has 1 aliphatic carbocycles. The number of phenolic OH excluding ortho intramolecular Hbond substituents is 1. The predicted octanol–water partition coefficient (Wildman–Crippen LogP) is 6.20. The molecule has 2 N–H and O–H groups in total. The van der Waals surface area contributed by atoms with E-state index in [1.807, 2.05) is 6.08 Å². The highest BCUT2D eigenvalue weighted by molar-refractivity contribution is 6.43. The van der Waals surface area contributed by atoms with Crippen LogP contribution < -0.4 is 4.90 Å². The summed E-state index contributed by atoms with van der Waals surface area (Å²) in [5.74, 6) is -3.54. The smallest absolute Gasteiger partial charge is 0.455 e. The van der Waals surface area contributed by atoms with Gasteiger partial charge in [0.1, 0.15) is 0 Å². The minimum atomic E-state index is -1.11. The molecular formula is C32H36BFN2O7.